The Morgan fingerprint density at radius 1 is 1.29 bits per heavy atom. The lowest BCUT2D eigenvalue weighted by Crippen LogP contribution is -2.49. The molecule has 1 saturated carbocycles. The third kappa shape index (κ3) is 3.45. The average Bonchev–Trinajstić information content (AvgIpc) is 2.82. The van der Waals surface area contributed by atoms with Gasteiger partial charge in [0.2, 0.25) is 0 Å². The van der Waals surface area contributed by atoms with Crippen LogP contribution in [0.2, 0.25) is 0 Å². The Morgan fingerprint density at radius 2 is 2.00 bits per heavy atom. The Kier molecular flexibility index (Phi) is 4.48. The predicted octanol–water partition coefficient (Wildman–Crippen LogP) is 3.50. The van der Waals surface area contributed by atoms with Crippen LogP contribution in [0.15, 0.2) is 0 Å². The first-order chi connectivity index (χ1) is 8.13. The van der Waals surface area contributed by atoms with E-state index < -0.39 is 0 Å². The van der Waals surface area contributed by atoms with E-state index in [2.05, 4.69) is 26.1 Å². The van der Waals surface area contributed by atoms with Gasteiger partial charge in [-0.1, -0.05) is 19.8 Å². The van der Waals surface area contributed by atoms with Gasteiger partial charge in [-0.3, -0.25) is 0 Å². The van der Waals surface area contributed by atoms with Gasteiger partial charge in [-0.25, -0.2) is 0 Å². The molecule has 0 aromatic carbocycles. The zero-order valence-corrected chi connectivity index (χ0v) is 11.8. The van der Waals surface area contributed by atoms with Crippen LogP contribution < -0.4 is 5.32 Å². The largest absolute Gasteiger partial charge is 0.375 e. The maximum absolute atomic E-state index is 5.91. The second-order valence-corrected chi connectivity index (χ2v) is 6.34. The van der Waals surface area contributed by atoms with Crippen LogP contribution in [0.1, 0.15) is 65.7 Å². The number of rotatable bonds is 4. The molecule has 0 spiro atoms. The van der Waals surface area contributed by atoms with Gasteiger partial charge in [-0.05, 0) is 51.9 Å². The Bertz CT molecular complexity index is 237. The molecule has 17 heavy (non-hydrogen) atoms. The van der Waals surface area contributed by atoms with E-state index in [9.17, 15) is 0 Å². The molecule has 0 radical (unpaired) electrons. The number of hydrogen-bond acceptors (Lipinski definition) is 2. The number of ether oxygens (including phenoxy) is 1. The highest BCUT2D eigenvalue weighted by Gasteiger charge is 2.33. The van der Waals surface area contributed by atoms with Crippen molar-refractivity contribution in [2.75, 3.05) is 6.61 Å². The summed E-state index contributed by atoms with van der Waals surface area (Å²) in [5, 5.41) is 3.87. The maximum Gasteiger partial charge on any atom is 0.0666 e. The van der Waals surface area contributed by atoms with E-state index in [1.165, 1.54) is 38.5 Å². The Morgan fingerprint density at radius 3 is 2.65 bits per heavy atom. The maximum atomic E-state index is 5.91. The fourth-order valence-electron chi connectivity index (χ4n) is 3.48. The smallest absolute Gasteiger partial charge is 0.0666 e. The minimum absolute atomic E-state index is 0.116. The molecule has 1 aliphatic heterocycles. The van der Waals surface area contributed by atoms with Gasteiger partial charge >= 0.3 is 0 Å². The second-order valence-electron chi connectivity index (χ2n) is 6.34. The van der Waals surface area contributed by atoms with Crippen molar-refractivity contribution < 1.29 is 4.74 Å². The summed E-state index contributed by atoms with van der Waals surface area (Å²) in [6, 6.07) is 1.37. The third-order valence-electron chi connectivity index (χ3n) is 4.95. The van der Waals surface area contributed by atoms with Gasteiger partial charge in [0.15, 0.2) is 0 Å². The number of hydrogen-bond donors (Lipinski definition) is 1. The fraction of sp³-hybridized carbons (Fsp3) is 1.00. The topological polar surface area (TPSA) is 21.3 Å². The first-order valence-electron chi connectivity index (χ1n) is 7.53. The Hall–Kier alpha value is -0.0800. The highest BCUT2D eigenvalue weighted by atomic mass is 16.5. The van der Waals surface area contributed by atoms with Crippen molar-refractivity contribution in [3.05, 3.63) is 0 Å². The molecule has 2 rings (SSSR count). The monoisotopic (exact) mass is 239 g/mol. The molecule has 2 fully saturated rings. The first-order valence-corrected chi connectivity index (χ1v) is 7.53. The van der Waals surface area contributed by atoms with Gasteiger partial charge in [0.1, 0.15) is 0 Å². The van der Waals surface area contributed by atoms with Crippen LogP contribution >= 0.6 is 0 Å². The lowest BCUT2D eigenvalue weighted by atomic mass is 9.88. The van der Waals surface area contributed by atoms with Crippen LogP contribution in [0.3, 0.4) is 0 Å². The van der Waals surface area contributed by atoms with Gasteiger partial charge in [0.25, 0.3) is 0 Å². The lowest BCUT2D eigenvalue weighted by Gasteiger charge is -2.40. The van der Waals surface area contributed by atoms with E-state index in [4.69, 9.17) is 4.74 Å². The summed E-state index contributed by atoms with van der Waals surface area (Å²) < 4.78 is 5.91. The predicted molar refractivity (Wildman–Crippen MR) is 72.2 cm³/mol. The SMILES string of the molecule is CCC1(C)CC(N[C@@H](C)C2CCCC2)CCO1. The van der Waals surface area contributed by atoms with E-state index in [0.717, 1.165) is 18.9 Å². The molecule has 1 saturated heterocycles. The molecule has 0 amide bonds. The molecule has 1 N–H and O–H groups in total. The van der Waals surface area contributed by atoms with Crippen LogP contribution in [-0.4, -0.2) is 24.3 Å². The standard InChI is InChI=1S/C15H29NO/c1-4-15(3)11-14(9-10-17-15)16-12(2)13-7-5-6-8-13/h12-14,16H,4-11H2,1-3H3/t12-,14?,15?/m0/s1. The molecule has 2 aliphatic rings. The van der Waals surface area contributed by atoms with E-state index in [1.807, 2.05) is 0 Å². The molecule has 0 aromatic rings. The summed E-state index contributed by atoms with van der Waals surface area (Å²) in [5.41, 5.74) is 0.116. The summed E-state index contributed by atoms with van der Waals surface area (Å²) in [7, 11) is 0. The highest BCUT2D eigenvalue weighted by Crippen LogP contribution is 2.31. The van der Waals surface area contributed by atoms with Gasteiger partial charge in [0, 0.05) is 18.7 Å². The van der Waals surface area contributed by atoms with Crippen molar-refractivity contribution in [1.29, 1.82) is 0 Å². The van der Waals surface area contributed by atoms with Crippen molar-refractivity contribution >= 4 is 0 Å². The highest BCUT2D eigenvalue weighted by molar-refractivity contribution is 4.88. The van der Waals surface area contributed by atoms with Crippen molar-refractivity contribution in [2.45, 2.75) is 83.4 Å². The molecule has 100 valence electrons. The Balaban J connectivity index is 1.81. The molecular weight excluding hydrogens is 210 g/mol. The van der Waals surface area contributed by atoms with Crippen molar-refractivity contribution in [3.63, 3.8) is 0 Å². The van der Waals surface area contributed by atoms with Crippen molar-refractivity contribution in [3.8, 4) is 0 Å². The Labute approximate surface area is 107 Å². The second kappa shape index (κ2) is 5.71. The molecule has 0 aromatic heterocycles. The van der Waals surface area contributed by atoms with Crippen LogP contribution in [0, 0.1) is 5.92 Å². The zero-order valence-electron chi connectivity index (χ0n) is 11.8. The molecular formula is C15H29NO. The quantitative estimate of drug-likeness (QED) is 0.810. The fourth-order valence-corrected chi connectivity index (χ4v) is 3.48. The van der Waals surface area contributed by atoms with Crippen LogP contribution in [0.5, 0.6) is 0 Å². The minimum atomic E-state index is 0.116. The molecule has 3 atom stereocenters. The number of nitrogens with one attached hydrogen (secondary N) is 1. The molecule has 2 unspecified atom stereocenters. The molecule has 0 bridgehead atoms. The van der Waals surface area contributed by atoms with E-state index in [0.29, 0.717) is 12.1 Å². The normalized spacial score (nSPS) is 37.2. The van der Waals surface area contributed by atoms with Crippen LogP contribution in [0.25, 0.3) is 0 Å². The van der Waals surface area contributed by atoms with Gasteiger partial charge in [-0.2, -0.15) is 0 Å². The average molecular weight is 239 g/mol. The van der Waals surface area contributed by atoms with E-state index >= 15 is 0 Å². The molecule has 2 heteroatoms. The molecule has 2 nitrogen and oxygen atoms in total. The van der Waals surface area contributed by atoms with Crippen molar-refractivity contribution in [2.24, 2.45) is 5.92 Å². The summed E-state index contributed by atoms with van der Waals surface area (Å²) in [6.45, 7) is 7.82. The molecule has 1 aliphatic carbocycles. The zero-order chi connectivity index (χ0) is 12.3. The summed E-state index contributed by atoms with van der Waals surface area (Å²) in [6.07, 6.45) is 9.25. The van der Waals surface area contributed by atoms with Gasteiger partial charge in [0.05, 0.1) is 5.60 Å². The lowest BCUT2D eigenvalue weighted by molar-refractivity contribution is -0.0795. The third-order valence-corrected chi connectivity index (χ3v) is 4.95. The first kappa shape index (κ1) is 13.4. The van der Waals surface area contributed by atoms with Gasteiger partial charge < -0.3 is 10.1 Å². The van der Waals surface area contributed by atoms with Crippen LogP contribution in [0.4, 0.5) is 0 Å². The summed E-state index contributed by atoms with van der Waals surface area (Å²) in [5.74, 6) is 0.922. The van der Waals surface area contributed by atoms with Crippen LogP contribution in [-0.2, 0) is 4.74 Å². The van der Waals surface area contributed by atoms with E-state index in [-0.39, 0.29) is 5.60 Å². The summed E-state index contributed by atoms with van der Waals surface area (Å²) in [4.78, 5) is 0. The van der Waals surface area contributed by atoms with Crippen molar-refractivity contribution in [1.82, 2.24) is 5.32 Å². The summed E-state index contributed by atoms with van der Waals surface area (Å²) >= 11 is 0. The van der Waals surface area contributed by atoms with Gasteiger partial charge in [-0.15, -0.1) is 0 Å². The minimum Gasteiger partial charge on any atom is -0.375 e. The molecule has 1 heterocycles. The van der Waals surface area contributed by atoms with E-state index in [1.54, 1.807) is 0 Å².